The molecule has 1 N–H and O–H groups in total. The van der Waals surface area contributed by atoms with Gasteiger partial charge in [0.2, 0.25) is 5.91 Å². The fraction of sp³-hybridized carbons (Fsp3) is 0.333. The van der Waals surface area contributed by atoms with Gasteiger partial charge in [0.1, 0.15) is 6.04 Å². The Bertz CT molecular complexity index is 613. The number of thiazole rings is 1. The van der Waals surface area contributed by atoms with Crippen LogP contribution in [-0.4, -0.2) is 28.9 Å². The zero-order valence-corrected chi connectivity index (χ0v) is 12.4. The molecule has 104 valence electrons. The molecular weight excluding hydrogens is 270 g/mol. The number of nitrogens with zero attached hydrogens (tertiary/aromatic N) is 2. The second kappa shape index (κ2) is 5.25. The number of amides is 1. The molecule has 1 aliphatic rings. The van der Waals surface area contributed by atoms with Crippen LogP contribution in [0.4, 0.5) is 5.69 Å². The van der Waals surface area contributed by atoms with E-state index in [1.165, 1.54) is 5.56 Å². The first-order valence-corrected chi connectivity index (χ1v) is 7.52. The summed E-state index contributed by atoms with van der Waals surface area (Å²) in [5.74, 6) is 0.117. The van der Waals surface area contributed by atoms with Crippen LogP contribution in [0.2, 0.25) is 0 Å². The van der Waals surface area contributed by atoms with Crippen molar-refractivity contribution >= 4 is 22.9 Å². The first-order chi connectivity index (χ1) is 9.63. The van der Waals surface area contributed by atoms with Crippen molar-refractivity contribution in [1.82, 2.24) is 9.88 Å². The molecule has 1 amide bonds. The molecule has 2 aromatic rings. The van der Waals surface area contributed by atoms with Gasteiger partial charge in [-0.3, -0.25) is 4.79 Å². The highest BCUT2D eigenvalue weighted by Gasteiger charge is 2.28. The molecule has 5 heteroatoms. The standard InChI is InChI=1S/C15H17N3OS/c1-10-16-12(9-20-10)8-18(2)15(19)14-7-11-5-3-4-6-13(11)17-14/h3-6,9,14,17H,7-8H2,1-2H3. The van der Waals surface area contributed by atoms with Crippen LogP contribution in [0.15, 0.2) is 29.6 Å². The monoisotopic (exact) mass is 287 g/mol. The van der Waals surface area contributed by atoms with E-state index in [1.807, 2.05) is 37.6 Å². The molecule has 0 spiro atoms. The van der Waals surface area contributed by atoms with Crippen molar-refractivity contribution in [2.75, 3.05) is 12.4 Å². The van der Waals surface area contributed by atoms with Crippen molar-refractivity contribution in [2.24, 2.45) is 0 Å². The van der Waals surface area contributed by atoms with Crippen molar-refractivity contribution < 1.29 is 4.79 Å². The zero-order valence-electron chi connectivity index (χ0n) is 11.6. The molecular formula is C15H17N3OS. The average Bonchev–Trinajstić information content (AvgIpc) is 3.03. The minimum Gasteiger partial charge on any atom is -0.373 e. The van der Waals surface area contributed by atoms with E-state index in [0.29, 0.717) is 6.54 Å². The minimum atomic E-state index is -0.155. The largest absolute Gasteiger partial charge is 0.373 e. The molecule has 1 aromatic heterocycles. The molecule has 0 saturated heterocycles. The minimum absolute atomic E-state index is 0.117. The van der Waals surface area contributed by atoms with Gasteiger partial charge in [-0.1, -0.05) is 18.2 Å². The van der Waals surface area contributed by atoms with Gasteiger partial charge in [0.05, 0.1) is 17.2 Å². The topological polar surface area (TPSA) is 45.2 Å². The van der Waals surface area contributed by atoms with Gasteiger partial charge in [0, 0.05) is 24.5 Å². The third kappa shape index (κ3) is 2.54. The number of rotatable bonds is 3. The van der Waals surface area contributed by atoms with Gasteiger partial charge in [-0.2, -0.15) is 0 Å². The summed E-state index contributed by atoms with van der Waals surface area (Å²) in [6, 6.07) is 7.93. The van der Waals surface area contributed by atoms with Gasteiger partial charge < -0.3 is 10.2 Å². The summed E-state index contributed by atoms with van der Waals surface area (Å²) in [5.41, 5.74) is 3.24. The van der Waals surface area contributed by atoms with Crippen LogP contribution >= 0.6 is 11.3 Å². The second-order valence-corrected chi connectivity index (χ2v) is 6.17. The normalized spacial score (nSPS) is 16.6. The number of nitrogens with one attached hydrogen (secondary N) is 1. The molecule has 1 aliphatic heterocycles. The van der Waals surface area contributed by atoms with Crippen LogP contribution < -0.4 is 5.32 Å². The Balaban J connectivity index is 1.65. The van der Waals surface area contributed by atoms with Crippen molar-refractivity contribution in [2.45, 2.75) is 25.9 Å². The van der Waals surface area contributed by atoms with Crippen LogP contribution in [0, 0.1) is 6.92 Å². The van der Waals surface area contributed by atoms with Crippen LogP contribution in [0.3, 0.4) is 0 Å². The lowest BCUT2D eigenvalue weighted by atomic mass is 10.1. The molecule has 0 saturated carbocycles. The second-order valence-electron chi connectivity index (χ2n) is 5.11. The summed E-state index contributed by atoms with van der Waals surface area (Å²) in [6.45, 7) is 2.54. The van der Waals surface area contributed by atoms with E-state index in [0.717, 1.165) is 22.8 Å². The third-order valence-electron chi connectivity index (χ3n) is 3.51. The lowest BCUT2D eigenvalue weighted by Gasteiger charge is -2.20. The maximum atomic E-state index is 12.5. The van der Waals surface area contributed by atoms with Crippen molar-refractivity contribution in [3.05, 3.63) is 45.9 Å². The number of carbonyl (C=O) groups is 1. The predicted octanol–water partition coefficient (Wildman–Crippen LogP) is 2.45. The summed E-state index contributed by atoms with van der Waals surface area (Å²) in [7, 11) is 1.84. The molecule has 0 radical (unpaired) electrons. The van der Waals surface area contributed by atoms with E-state index in [1.54, 1.807) is 16.2 Å². The van der Waals surface area contributed by atoms with Crippen LogP contribution in [0.1, 0.15) is 16.3 Å². The molecule has 4 nitrogen and oxygen atoms in total. The lowest BCUT2D eigenvalue weighted by molar-refractivity contribution is -0.131. The van der Waals surface area contributed by atoms with Gasteiger partial charge in [0.15, 0.2) is 0 Å². The average molecular weight is 287 g/mol. The highest BCUT2D eigenvalue weighted by atomic mass is 32.1. The van der Waals surface area contributed by atoms with E-state index in [4.69, 9.17) is 0 Å². The smallest absolute Gasteiger partial charge is 0.245 e. The summed E-state index contributed by atoms with van der Waals surface area (Å²) in [6.07, 6.45) is 0.759. The van der Waals surface area contributed by atoms with Crippen molar-refractivity contribution in [3.63, 3.8) is 0 Å². The van der Waals surface area contributed by atoms with Crippen LogP contribution in [-0.2, 0) is 17.8 Å². The van der Waals surface area contributed by atoms with Gasteiger partial charge in [0.25, 0.3) is 0 Å². The summed E-state index contributed by atoms with van der Waals surface area (Å²) in [5, 5.41) is 6.34. The first kappa shape index (κ1) is 13.1. The van der Waals surface area contributed by atoms with Gasteiger partial charge >= 0.3 is 0 Å². The number of hydrogen-bond donors (Lipinski definition) is 1. The number of para-hydroxylation sites is 1. The zero-order chi connectivity index (χ0) is 14.1. The summed E-state index contributed by atoms with van der Waals surface area (Å²) < 4.78 is 0. The van der Waals surface area contributed by atoms with Crippen molar-refractivity contribution in [3.8, 4) is 0 Å². The van der Waals surface area contributed by atoms with E-state index in [2.05, 4.69) is 16.4 Å². The SMILES string of the molecule is Cc1nc(CN(C)C(=O)C2Cc3ccccc3N2)cs1. The molecule has 0 fully saturated rings. The Morgan fingerprint density at radius 3 is 3.00 bits per heavy atom. The fourth-order valence-corrected chi connectivity index (χ4v) is 3.12. The highest BCUT2D eigenvalue weighted by molar-refractivity contribution is 7.09. The number of fused-ring (bicyclic) bond motifs is 1. The van der Waals surface area contributed by atoms with Gasteiger partial charge in [-0.05, 0) is 18.6 Å². The molecule has 20 heavy (non-hydrogen) atoms. The number of likely N-dealkylation sites (N-methyl/N-ethyl adjacent to an activating group) is 1. The van der Waals surface area contributed by atoms with Crippen LogP contribution in [0.25, 0.3) is 0 Å². The first-order valence-electron chi connectivity index (χ1n) is 6.64. The number of aryl methyl sites for hydroxylation is 1. The number of carbonyl (C=O) groups excluding carboxylic acids is 1. The molecule has 0 bridgehead atoms. The Labute approximate surface area is 122 Å². The molecule has 1 atom stereocenters. The third-order valence-corrected chi connectivity index (χ3v) is 4.33. The maximum Gasteiger partial charge on any atom is 0.245 e. The van der Waals surface area contributed by atoms with E-state index in [9.17, 15) is 4.79 Å². The number of anilines is 1. The molecule has 1 unspecified atom stereocenters. The van der Waals surface area contributed by atoms with Gasteiger partial charge in [-0.15, -0.1) is 11.3 Å². The number of hydrogen-bond acceptors (Lipinski definition) is 4. The Morgan fingerprint density at radius 1 is 1.50 bits per heavy atom. The number of aromatic nitrogens is 1. The van der Waals surface area contributed by atoms with Crippen molar-refractivity contribution in [1.29, 1.82) is 0 Å². The summed E-state index contributed by atoms with van der Waals surface area (Å²) in [4.78, 5) is 18.6. The Morgan fingerprint density at radius 2 is 2.30 bits per heavy atom. The molecule has 0 aliphatic carbocycles. The summed E-state index contributed by atoms with van der Waals surface area (Å²) >= 11 is 1.62. The van der Waals surface area contributed by atoms with E-state index >= 15 is 0 Å². The van der Waals surface area contributed by atoms with E-state index in [-0.39, 0.29) is 11.9 Å². The Kier molecular flexibility index (Phi) is 3.44. The number of benzene rings is 1. The molecule has 3 rings (SSSR count). The van der Waals surface area contributed by atoms with E-state index < -0.39 is 0 Å². The molecule has 1 aromatic carbocycles. The van der Waals surface area contributed by atoms with Crippen LogP contribution in [0.5, 0.6) is 0 Å². The highest BCUT2D eigenvalue weighted by Crippen LogP contribution is 2.26. The predicted molar refractivity (Wildman–Crippen MR) is 80.9 cm³/mol. The fourth-order valence-electron chi connectivity index (χ4n) is 2.51. The quantitative estimate of drug-likeness (QED) is 0.943. The lowest BCUT2D eigenvalue weighted by Crippen LogP contribution is -2.39. The van der Waals surface area contributed by atoms with Gasteiger partial charge in [-0.25, -0.2) is 4.98 Å². The maximum absolute atomic E-state index is 12.5. The Hall–Kier alpha value is -1.88. The molecule has 2 heterocycles.